The molecule has 0 aromatic carbocycles. The molecule has 0 spiro atoms. The molecule has 1 aliphatic carbocycles. The lowest BCUT2D eigenvalue weighted by molar-refractivity contribution is 0.104. The van der Waals surface area contributed by atoms with Crippen molar-refractivity contribution in [2.45, 2.75) is 31.8 Å². The highest BCUT2D eigenvalue weighted by atomic mass is 16.5. The van der Waals surface area contributed by atoms with Crippen LogP contribution in [0.25, 0.3) is 0 Å². The molecule has 0 N–H and O–H groups in total. The predicted molar refractivity (Wildman–Crippen MR) is 36.3 cm³/mol. The summed E-state index contributed by atoms with van der Waals surface area (Å²) in [6.07, 6.45) is 8.09. The minimum atomic E-state index is 0.527. The molecule has 2 aliphatic rings. The summed E-state index contributed by atoms with van der Waals surface area (Å²) in [6.45, 7) is 0.875. The summed E-state index contributed by atoms with van der Waals surface area (Å²) in [5.74, 6) is 0. The maximum Gasteiger partial charge on any atom is 0.0790 e. The maximum atomic E-state index is 5.46. The van der Waals surface area contributed by atoms with E-state index in [4.69, 9.17) is 4.74 Å². The fourth-order valence-corrected chi connectivity index (χ4v) is 1.70. The second kappa shape index (κ2) is 2.14. The van der Waals surface area contributed by atoms with Crippen molar-refractivity contribution >= 4 is 0 Å². The van der Waals surface area contributed by atoms with Gasteiger partial charge in [0.15, 0.2) is 0 Å². The van der Waals surface area contributed by atoms with E-state index in [9.17, 15) is 0 Å². The van der Waals surface area contributed by atoms with Crippen LogP contribution < -0.4 is 0 Å². The summed E-state index contributed by atoms with van der Waals surface area (Å²) in [6, 6.07) is 0. The van der Waals surface area contributed by atoms with E-state index in [0.29, 0.717) is 6.10 Å². The zero-order chi connectivity index (χ0) is 6.10. The van der Waals surface area contributed by atoms with Crippen molar-refractivity contribution in [3.05, 3.63) is 11.6 Å². The molecule has 0 aromatic heterocycles. The summed E-state index contributed by atoms with van der Waals surface area (Å²) < 4.78 is 5.46. The van der Waals surface area contributed by atoms with E-state index >= 15 is 0 Å². The first-order chi connectivity index (χ1) is 4.47. The van der Waals surface area contributed by atoms with E-state index in [1.165, 1.54) is 25.7 Å². The number of hydrogen-bond acceptors (Lipinski definition) is 1. The maximum absolute atomic E-state index is 5.46. The van der Waals surface area contributed by atoms with Gasteiger partial charge >= 0.3 is 0 Å². The Morgan fingerprint density at radius 2 is 2.44 bits per heavy atom. The zero-order valence-electron chi connectivity index (χ0n) is 5.60. The molecule has 0 saturated heterocycles. The third kappa shape index (κ3) is 0.897. The van der Waals surface area contributed by atoms with Gasteiger partial charge in [0.25, 0.3) is 0 Å². The SMILES string of the molecule is C1=C2CCCC[C@@H]2OC1. The molecule has 0 radical (unpaired) electrons. The minimum Gasteiger partial charge on any atom is -0.370 e. The van der Waals surface area contributed by atoms with Gasteiger partial charge in [0.1, 0.15) is 0 Å². The fourth-order valence-electron chi connectivity index (χ4n) is 1.70. The van der Waals surface area contributed by atoms with Crippen LogP contribution in [0.15, 0.2) is 11.6 Å². The Balaban J connectivity index is 2.09. The van der Waals surface area contributed by atoms with Crippen molar-refractivity contribution in [1.82, 2.24) is 0 Å². The molecule has 0 bridgehead atoms. The Kier molecular flexibility index (Phi) is 1.31. The van der Waals surface area contributed by atoms with E-state index in [2.05, 4.69) is 6.08 Å². The molecule has 1 fully saturated rings. The smallest absolute Gasteiger partial charge is 0.0790 e. The zero-order valence-corrected chi connectivity index (χ0v) is 5.60. The lowest BCUT2D eigenvalue weighted by Gasteiger charge is -2.19. The van der Waals surface area contributed by atoms with Gasteiger partial charge in [-0.2, -0.15) is 0 Å². The number of hydrogen-bond donors (Lipinski definition) is 0. The molecule has 0 amide bonds. The molecular weight excluding hydrogens is 112 g/mol. The molecule has 1 atom stereocenters. The Hall–Kier alpha value is -0.300. The number of fused-ring (bicyclic) bond motifs is 1. The second-order valence-electron chi connectivity index (χ2n) is 2.85. The molecule has 1 nitrogen and oxygen atoms in total. The van der Waals surface area contributed by atoms with Gasteiger partial charge in [0, 0.05) is 0 Å². The van der Waals surface area contributed by atoms with Gasteiger partial charge in [0.2, 0.25) is 0 Å². The third-order valence-corrected chi connectivity index (χ3v) is 2.24. The van der Waals surface area contributed by atoms with Crippen molar-refractivity contribution in [3.8, 4) is 0 Å². The van der Waals surface area contributed by atoms with Gasteiger partial charge in [0.05, 0.1) is 12.7 Å². The highest BCUT2D eigenvalue weighted by Crippen LogP contribution is 2.29. The van der Waals surface area contributed by atoms with Crippen LogP contribution in [0.1, 0.15) is 25.7 Å². The van der Waals surface area contributed by atoms with Gasteiger partial charge < -0.3 is 4.74 Å². The number of ether oxygens (including phenoxy) is 1. The Morgan fingerprint density at radius 1 is 1.44 bits per heavy atom. The van der Waals surface area contributed by atoms with E-state index in [0.717, 1.165) is 6.61 Å². The lowest BCUT2D eigenvalue weighted by atomic mass is 9.93. The average Bonchev–Trinajstić information content (AvgIpc) is 2.33. The third-order valence-electron chi connectivity index (χ3n) is 2.24. The molecule has 0 aromatic rings. The van der Waals surface area contributed by atoms with Crippen LogP contribution in [0.4, 0.5) is 0 Å². The normalized spacial score (nSPS) is 33.8. The molecular formula is C8H12O. The van der Waals surface area contributed by atoms with Crippen molar-refractivity contribution in [3.63, 3.8) is 0 Å². The summed E-state index contributed by atoms with van der Waals surface area (Å²) in [4.78, 5) is 0. The van der Waals surface area contributed by atoms with Crippen molar-refractivity contribution in [2.24, 2.45) is 0 Å². The Bertz CT molecular complexity index is 138. The van der Waals surface area contributed by atoms with Gasteiger partial charge in [-0.1, -0.05) is 12.5 Å². The van der Waals surface area contributed by atoms with Crippen LogP contribution in [0.5, 0.6) is 0 Å². The van der Waals surface area contributed by atoms with Gasteiger partial charge in [-0.25, -0.2) is 0 Å². The molecule has 1 heterocycles. The van der Waals surface area contributed by atoms with E-state index < -0.39 is 0 Å². The highest BCUT2D eigenvalue weighted by Gasteiger charge is 2.22. The number of rotatable bonds is 0. The largest absolute Gasteiger partial charge is 0.370 e. The lowest BCUT2D eigenvalue weighted by Crippen LogP contribution is -2.13. The summed E-state index contributed by atoms with van der Waals surface area (Å²) >= 11 is 0. The van der Waals surface area contributed by atoms with Crippen LogP contribution in [0.2, 0.25) is 0 Å². The molecule has 9 heavy (non-hydrogen) atoms. The fraction of sp³-hybridized carbons (Fsp3) is 0.750. The average molecular weight is 124 g/mol. The second-order valence-corrected chi connectivity index (χ2v) is 2.85. The summed E-state index contributed by atoms with van der Waals surface area (Å²) in [5.41, 5.74) is 1.57. The molecule has 50 valence electrons. The van der Waals surface area contributed by atoms with Crippen LogP contribution in [0, 0.1) is 0 Å². The van der Waals surface area contributed by atoms with Crippen LogP contribution in [0.3, 0.4) is 0 Å². The topological polar surface area (TPSA) is 9.23 Å². The van der Waals surface area contributed by atoms with Gasteiger partial charge in [-0.15, -0.1) is 0 Å². The molecule has 2 rings (SSSR count). The van der Waals surface area contributed by atoms with Crippen molar-refractivity contribution in [1.29, 1.82) is 0 Å². The molecule has 1 saturated carbocycles. The van der Waals surface area contributed by atoms with E-state index in [1.54, 1.807) is 5.57 Å². The standard InChI is InChI=1S/C8H12O/c1-2-4-8-7(3-1)5-6-9-8/h5,8H,1-4,6H2/t8-/m0/s1. The highest BCUT2D eigenvalue weighted by molar-refractivity contribution is 5.14. The summed E-state index contributed by atoms with van der Waals surface area (Å²) in [7, 11) is 0. The van der Waals surface area contributed by atoms with Crippen molar-refractivity contribution < 1.29 is 4.74 Å². The molecule has 1 aliphatic heterocycles. The van der Waals surface area contributed by atoms with Crippen LogP contribution >= 0.6 is 0 Å². The predicted octanol–water partition coefficient (Wildman–Crippen LogP) is 1.89. The first-order valence-electron chi connectivity index (χ1n) is 3.77. The van der Waals surface area contributed by atoms with Gasteiger partial charge in [-0.05, 0) is 24.8 Å². The monoisotopic (exact) mass is 124 g/mol. The van der Waals surface area contributed by atoms with Crippen LogP contribution in [-0.2, 0) is 4.74 Å². The summed E-state index contributed by atoms with van der Waals surface area (Å²) in [5, 5.41) is 0. The molecule has 0 unspecified atom stereocenters. The first-order valence-corrected chi connectivity index (χ1v) is 3.77. The quantitative estimate of drug-likeness (QED) is 0.448. The van der Waals surface area contributed by atoms with Gasteiger partial charge in [-0.3, -0.25) is 0 Å². The minimum absolute atomic E-state index is 0.527. The molecule has 1 heteroatoms. The van der Waals surface area contributed by atoms with Crippen molar-refractivity contribution in [2.75, 3.05) is 6.61 Å². The first kappa shape index (κ1) is 5.48. The Morgan fingerprint density at radius 3 is 3.33 bits per heavy atom. The van der Waals surface area contributed by atoms with Crippen LogP contribution in [-0.4, -0.2) is 12.7 Å². The van der Waals surface area contributed by atoms with E-state index in [1.807, 2.05) is 0 Å². The van der Waals surface area contributed by atoms with E-state index in [-0.39, 0.29) is 0 Å². The Labute approximate surface area is 55.7 Å².